The highest BCUT2D eigenvalue weighted by Crippen LogP contribution is 2.31. The first-order valence-corrected chi connectivity index (χ1v) is 6.92. The van der Waals surface area contributed by atoms with E-state index in [1.807, 2.05) is 12.1 Å². The Bertz CT molecular complexity index is 522. The van der Waals surface area contributed by atoms with Crippen LogP contribution in [-0.4, -0.2) is 18.6 Å². The normalized spacial score (nSPS) is 10.6. The minimum Gasteiger partial charge on any atom is -0.496 e. The third kappa shape index (κ3) is 2.89. The van der Waals surface area contributed by atoms with Crippen molar-refractivity contribution < 1.29 is 4.74 Å². The van der Waals surface area contributed by atoms with E-state index in [4.69, 9.17) is 10.5 Å². The van der Waals surface area contributed by atoms with Gasteiger partial charge in [0.05, 0.1) is 17.8 Å². The van der Waals surface area contributed by atoms with Gasteiger partial charge in [-0.3, -0.25) is 0 Å². The number of rotatable bonds is 5. The van der Waals surface area contributed by atoms with Crippen molar-refractivity contribution in [2.45, 2.75) is 19.8 Å². The lowest BCUT2D eigenvalue weighted by molar-refractivity contribution is 0.416. The topological polar surface area (TPSA) is 48.1 Å². The molecule has 2 rings (SSSR count). The monoisotopic (exact) mass is 262 g/mol. The predicted molar refractivity (Wildman–Crippen MR) is 76.2 cm³/mol. The molecule has 2 N–H and O–H groups in total. The first-order valence-electron chi connectivity index (χ1n) is 6.04. The fourth-order valence-electron chi connectivity index (χ4n) is 1.82. The molecule has 0 spiro atoms. The van der Waals surface area contributed by atoms with E-state index in [-0.39, 0.29) is 0 Å². The molecule has 0 unspecified atom stereocenters. The average Bonchev–Trinajstić information content (AvgIpc) is 2.85. The number of aryl methyl sites for hydroxylation is 2. The van der Waals surface area contributed by atoms with Crippen molar-refractivity contribution in [2.75, 3.05) is 13.7 Å². The molecule has 0 aliphatic carbocycles. The molecule has 0 saturated carbocycles. The standard InChI is InChI=1S/C14H18N2OS/c1-10-5-6-13(17-2)11(8-10)12-9-18-14(16-12)4-3-7-15/h5-6,8-9H,3-4,7,15H2,1-2H3. The Hall–Kier alpha value is -1.39. The Morgan fingerprint density at radius 3 is 2.94 bits per heavy atom. The fraction of sp³-hybridized carbons (Fsp3) is 0.357. The van der Waals surface area contributed by atoms with Crippen molar-refractivity contribution >= 4 is 11.3 Å². The van der Waals surface area contributed by atoms with Gasteiger partial charge < -0.3 is 10.5 Å². The molecule has 0 aliphatic heterocycles. The minimum absolute atomic E-state index is 0.711. The van der Waals surface area contributed by atoms with E-state index in [1.165, 1.54) is 5.56 Å². The Morgan fingerprint density at radius 1 is 1.39 bits per heavy atom. The minimum atomic E-state index is 0.711. The first-order chi connectivity index (χ1) is 8.74. The van der Waals surface area contributed by atoms with Crippen LogP contribution in [0.25, 0.3) is 11.3 Å². The maximum Gasteiger partial charge on any atom is 0.128 e. The Kier molecular flexibility index (Phi) is 4.33. The van der Waals surface area contributed by atoms with Crippen molar-refractivity contribution in [3.63, 3.8) is 0 Å². The highest BCUT2D eigenvalue weighted by Gasteiger charge is 2.10. The van der Waals surface area contributed by atoms with E-state index in [0.29, 0.717) is 6.54 Å². The van der Waals surface area contributed by atoms with Gasteiger partial charge in [0.2, 0.25) is 0 Å². The van der Waals surface area contributed by atoms with Crippen LogP contribution in [0.15, 0.2) is 23.6 Å². The lowest BCUT2D eigenvalue weighted by Crippen LogP contribution is -2.00. The van der Waals surface area contributed by atoms with Crippen LogP contribution in [-0.2, 0) is 6.42 Å². The van der Waals surface area contributed by atoms with Gasteiger partial charge in [0.1, 0.15) is 5.75 Å². The van der Waals surface area contributed by atoms with Crippen molar-refractivity contribution in [2.24, 2.45) is 5.73 Å². The summed E-state index contributed by atoms with van der Waals surface area (Å²) in [6.45, 7) is 2.79. The Morgan fingerprint density at radius 2 is 2.22 bits per heavy atom. The zero-order chi connectivity index (χ0) is 13.0. The molecule has 0 bridgehead atoms. The molecule has 0 atom stereocenters. The van der Waals surface area contributed by atoms with Gasteiger partial charge in [0.15, 0.2) is 0 Å². The van der Waals surface area contributed by atoms with E-state index >= 15 is 0 Å². The van der Waals surface area contributed by atoms with Crippen LogP contribution in [0, 0.1) is 6.92 Å². The van der Waals surface area contributed by atoms with Gasteiger partial charge in [-0.25, -0.2) is 4.98 Å². The molecule has 3 nitrogen and oxygen atoms in total. The molecular weight excluding hydrogens is 244 g/mol. The number of hydrogen-bond acceptors (Lipinski definition) is 4. The lowest BCUT2D eigenvalue weighted by atomic mass is 10.1. The van der Waals surface area contributed by atoms with Crippen LogP contribution in [0.2, 0.25) is 0 Å². The molecule has 0 aliphatic rings. The van der Waals surface area contributed by atoms with Crippen LogP contribution in [0.3, 0.4) is 0 Å². The van der Waals surface area contributed by atoms with Gasteiger partial charge >= 0.3 is 0 Å². The molecule has 4 heteroatoms. The van der Waals surface area contributed by atoms with Crippen molar-refractivity contribution in [3.05, 3.63) is 34.2 Å². The molecule has 1 aromatic heterocycles. The summed E-state index contributed by atoms with van der Waals surface area (Å²) in [6.07, 6.45) is 1.94. The average molecular weight is 262 g/mol. The molecule has 0 amide bonds. The number of thiazole rings is 1. The number of nitrogens with two attached hydrogens (primary N) is 1. The smallest absolute Gasteiger partial charge is 0.128 e. The number of nitrogens with zero attached hydrogens (tertiary/aromatic N) is 1. The summed E-state index contributed by atoms with van der Waals surface area (Å²) in [5.41, 5.74) is 8.78. The number of methoxy groups -OCH3 is 1. The number of aromatic nitrogens is 1. The zero-order valence-corrected chi connectivity index (χ0v) is 11.6. The summed E-state index contributed by atoms with van der Waals surface area (Å²) in [4.78, 5) is 4.65. The summed E-state index contributed by atoms with van der Waals surface area (Å²) in [6, 6.07) is 6.15. The largest absolute Gasteiger partial charge is 0.496 e. The molecule has 1 aromatic carbocycles. The van der Waals surface area contributed by atoms with E-state index < -0.39 is 0 Å². The molecule has 0 radical (unpaired) electrons. The third-order valence-electron chi connectivity index (χ3n) is 2.78. The Labute approximate surface area is 112 Å². The molecule has 0 saturated heterocycles. The summed E-state index contributed by atoms with van der Waals surface area (Å²) < 4.78 is 5.39. The maximum atomic E-state index is 5.52. The second kappa shape index (κ2) is 5.98. The number of hydrogen-bond donors (Lipinski definition) is 1. The Balaban J connectivity index is 2.30. The van der Waals surface area contributed by atoms with Gasteiger partial charge in [-0.15, -0.1) is 11.3 Å². The van der Waals surface area contributed by atoms with E-state index in [0.717, 1.165) is 34.9 Å². The second-order valence-corrected chi connectivity index (χ2v) is 5.17. The van der Waals surface area contributed by atoms with Gasteiger partial charge in [-0.2, -0.15) is 0 Å². The molecule has 0 fully saturated rings. The maximum absolute atomic E-state index is 5.52. The lowest BCUT2D eigenvalue weighted by Gasteiger charge is -2.07. The van der Waals surface area contributed by atoms with Gasteiger partial charge in [0, 0.05) is 17.4 Å². The number of ether oxygens (including phenoxy) is 1. The summed E-state index contributed by atoms with van der Waals surface area (Å²) in [7, 11) is 1.69. The summed E-state index contributed by atoms with van der Waals surface area (Å²) >= 11 is 1.69. The van der Waals surface area contributed by atoms with E-state index in [1.54, 1.807) is 18.4 Å². The quantitative estimate of drug-likeness (QED) is 0.901. The van der Waals surface area contributed by atoms with Gasteiger partial charge in [0.25, 0.3) is 0 Å². The molecule has 2 aromatic rings. The van der Waals surface area contributed by atoms with Crippen molar-refractivity contribution in [3.8, 4) is 17.0 Å². The number of benzene rings is 1. The fourth-order valence-corrected chi connectivity index (χ4v) is 2.67. The molecule has 18 heavy (non-hydrogen) atoms. The van der Waals surface area contributed by atoms with Crippen LogP contribution >= 0.6 is 11.3 Å². The van der Waals surface area contributed by atoms with Crippen LogP contribution in [0.4, 0.5) is 0 Å². The van der Waals surface area contributed by atoms with E-state index in [2.05, 4.69) is 23.4 Å². The SMILES string of the molecule is COc1ccc(C)cc1-c1csc(CCCN)n1. The first kappa shape index (κ1) is 13.1. The molecule has 1 heterocycles. The summed E-state index contributed by atoms with van der Waals surface area (Å²) in [5.74, 6) is 0.872. The second-order valence-electron chi connectivity index (χ2n) is 4.22. The van der Waals surface area contributed by atoms with Crippen LogP contribution in [0.1, 0.15) is 17.0 Å². The molecular formula is C14H18N2OS. The van der Waals surface area contributed by atoms with Crippen molar-refractivity contribution in [1.29, 1.82) is 0 Å². The molecule has 96 valence electrons. The van der Waals surface area contributed by atoms with Gasteiger partial charge in [-0.1, -0.05) is 11.6 Å². The van der Waals surface area contributed by atoms with Crippen LogP contribution < -0.4 is 10.5 Å². The van der Waals surface area contributed by atoms with E-state index in [9.17, 15) is 0 Å². The van der Waals surface area contributed by atoms with Gasteiger partial charge in [-0.05, 0) is 32.0 Å². The predicted octanol–water partition coefficient (Wildman–Crippen LogP) is 3.02. The summed E-state index contributed by atoms with van der Waals surface area (Å²) in [5, 5.41) is 3.22. The highest BCUT2D eigenvalue weighted by atomic mass is 32.1. The zero-order valence-electron chi connectivity index (χ0n) is 10.8. The van der Waals surface area contributed by atoms with Crippen molar-refractivity contribution in [1.82, 2.24) is 4.98 Å². The third-order valence-corrected chi connectivity index (χ3v) is 3.69. The highest BCUT2D eigenvalue weighted by molar-refractivity contribution is 7.09. The van der Waals surface area contributed by atoms with Crippen LogP contribution in [0.5, 0.6) is 5.75 Å².